The number of likely N-dealkylation sites (tertiary alicyclic amines) is 1. The number of hydrogen-bond acceptors (Lipinski definition) is 2. The van der Waals surface area contributed by atoms with Gasteiger partial charge in [-0.15, -0.1) is 0 Å². The smallest absolute Gasteiger partial charge is 0.0409 e. The molecule has 1 heterocycles. The third-order valence-corrected chi connectivity index (χ3v) is 4.22. The summed E-state index contributed by atoms with van der Waals surface area (Å²) in [4.78, 5) is 2.57. The van der Waals surface area contributed by atoms with E-state index in [1.807, 2.05) is 18.2 Å². The number of rotatable bonds is 4. The van der Waals surface area contributed by atoms with E-state index in [0.29, 0.717) is 0 Å². The van der Waals surface area contributed by atoms with Crippen molar-refractivity contribution in [3.63, 3.8) is 0 Å². The molecule has 1 unspecified atom stereocenters. The summed E-state index contributed by atoms with van der Waals surface area (Å²) in [5, 5.41) is 0.777. The van der Waals surface area contributed by atoms with E-state index >= 15 is 0 Å². The Morgan fingerprint density at radius 1 is 1.11 bits per heavy atom. The lowest BCUT2D eigenvalue weighted by molar-refractivity contribution is 0.239. The molecule has 3 heteroatoms. The van der Waals surface area contributed by atoms with Crippen LogP contribution in [0.25, 0.3) is 0 Å². The molecule has 2 rings (SSSR count). The molecule has 0 aromatic heterocycles. The monoisotopic (exact) mass is 280 g/mol. The maximum atomic E-state index is 6.27. The summed E-state index contributed by atoms with van der Waals surface area (Å²) < 4.78 is 0. The van der Waals surface area contributed by atoms with Gasteiger partial charge in [0, 0.05) is 11.1 Å². The van der Waals surface area contributed by atoms with Crippen LogP contribution < -0.4 is 5.73 Å². The Bertz CT molecular complexity index is 373. The summed E-state index contributed by atoms with van der Waals surface area (Å²) in [7, 11) is 0. The standard InChI is InChI=1S/C16H25ClN2/c17-15-8-6-7-14(13-15)16(18)9-12-19-10-4-2-1-3-5-11-19/h6-8,13,16H,1-5,9-12,18H2. The van der Waals surface area contributed by atoms with Crippen LogP contribution in [0.2, 0.25) is 5.02 Å². The largest absolute Gasteiger partial charge is 0.324 e. The van der Waals surface area contributed by atoms with Gasteiger partial charge in [-0.3, -0.25) is 0 Å². The summed E-state index contributed by atoms with van der Waals surface area (Å²) in [6.07, 6.45) is 7.88. The van der Waals surface area contributed by atoms with E-state index in [9.17, 15) is 0 Å². The molecule has 1 aliphatic rings. The molecule has 1 fully saturated rings. The lowest BCUT2D eigenvalue weighted by Crippen LogP contribution is -2.30. The van der Waals surface area contributed by atoms with Crippen LogP contribution in [0.4, 0.5) is 0 Å². The van der Waals surface area contributed by atoms with Crippen molar-refractivity contribution >= 4 is 11.6 Å². The minimum atomic E-state index is 0.101. The predicted molar refractivity (Wildman–Crippen MR) is 82.5 cm³/mol. The number of halogens is 1. The molecule has 1 saturated heterocycles. The lowest BCUT2D eigenvalue weighted by atomic mass is 10.0. The molecule has 19 heavy (non-hydrogen) atoms. The van der Waals surface area contributed by atoms with Crippen molar-refractivity contribution < 1.29 is 0 Å². The molecule has 1 aromatic carbocycles. The van der Waals surface area contributed by atoms with Crippen molar-refractivity contribution in [3.8, 4) is 0 Å². The molecule has 1 atom stereocenters. The van der Waals surface area contributed by atoms with Crippen molar-refractivity contribution in [1.29, 1.82) is 0 Å². The van der Waals surface area contributed by atoms with E-state index in [0.717, 1.165) is 23.6 Å². The van der Waals surface area contributed by atoms with E-state index in [-0.39, 0.29) is 6.04 Å². The van der Waals surface area contributed by atoms with Crippen molar-refractivity contribution in [2.24, 2.45) is 5.73 Å². The third-order valence-electron chi connectivity index (χ3n) is 3.98. The highest BCUT2D eigenvalue weighted by Gasteiger charge is 2.11. The van der Waals surface area contributed by atoms with Crippen LogP contribution >= 0.6 is 11.6 Å². The van der Waals surface area contributed by atoms with Crippen LogP contribution in [-0.2, 0) is 0 Å². The van der Waals surface area contributed by atoms with Gasteiger partial charge >= 0.3 is 0 Å². The predicted octanol–water partition coefficient (Wildman–Crippen LogP) is 4.00. The lowest BCUT2D eigenvalue weighted by Gasteiger charge is -2.25. The molecule has 2 N–H and O–H groups in total. The minimum absolute atomic E-state index is 0.101. The fourth-order valence-electron chi connectivity index (χ4n) is 2.76. The first-order chi connectivity index (χ1) is 9.25. The second kappa shape index (κ2) is 7.88. The zero-order chi connectivity index (χ0) is 13.5. The zero-order valence-electron chi connectivity index (χ0n) is 11.7. The summed E-state index contributed by atoms with van der Waals surface area (Å²) in [6.45, 7) is 3.58. The Morgan fingerprint density at radius 2 is 1.79 bits per heavy atom. The Hall–Kier alpha value is -0.570. The zero-order valence-corrected chi connectivity index (χ0v) is 12.4. The highest BCUT2D eigenvalue weighted by atomic mass is 35.5. The van der Waals surface area contributed by atoms with Crippen LogP contribution in [-0.4, -0.2) is 24.5 Å². The normalized spacial score (nSPS) is 19.7. The molecule has 0 spiro atoms. The molecule has 0 saturated carbocycles. The van der Waals surface area contributed by atoms with Crippen LogP contribution in [0.1, 0.15) is 50.1 Å². The quantitative estimate of drug-likeness (QED) is 0.903. The van der Waals surface area contributed by atoms with Gasteiger partial charge in [0.1, 0.15) is 0 Å². The molecule has 1 aliphatic heterocycles. The van der Waals surface area contributed by atoms with Crippen LogP contribution in [0.15, 0.2) is 24.3 Å². The maximum Gasteiger partial charge on any atom is 0.0409 e. The Balaban J connectivity index is 1.80. The number of hydrogen-bond donors (Lipinski definition) is 1. The van der Waals surface area contributed by atoms with Gasteiger partial charge in [-0.2, -0.15) is 0 Å². The van der Waals surface area contributed by atoms with Gasteiger partial charge in [-0.25, -0.2) is 0 Å². The molecule has 1 aromatic rings. The van der Waals surface area contributed by atoms with E-state index < -0.39 is 0 Å². The highest BCUT2D eigenvalue weighted by Crippen LogP contribution is 2.19. The molecule has 0 radical (unpaired) electrons. The van der Waals surface area contributed by atoms with E-state index in [1.54, 1.807) is 0 Å². The summed E-state index contributed by atoms with van der Waals surface area (Å²) in [5.41, 5.74) is 7.42. The summed E-state index contributed by atoms with van der Waals surface area (Å²) >= 11 is 6.01. The first kappa shape index (κ1) is 14.8. The summed E-state index contributed by atoms with van der Waals surface area (Å²) in [5.74, 6) is 0. The van der Waals surface area contributed by atoms with Gasteiger partial charge in [-0.05, 0) is 56.6 Å². The SMILES string of the molecule is NC(CCN1CCCCCCC1)c1cccc(Cl)c1. The molecular formula is C16H25ClN2. The van der Waals surface area contributed by atoms with Gasteiger partial charge in [0.05, 0.1) is 0 Å². The molecule has 0 bridgehead atoms. The Kier molecular flexibility index (Phi) is 6.15. The van der Waals surface area contributed by atoms with Gasteiger partial charge in [0.2, 0.25) is 0 Å². The van der Waals surface area contributed by atoms with Gasteiger partial charge in [0.15, 0.2) is 0 Å². The van der Waals surface area contributed by atoms with Crippen molar-refractivity contribution in [2.45, 2.75) is 44.6 Å². The fourth-order valence-corrected chi connectivity index (χ4v) is 2.96. The van der Waals surface area contributed by atoms with Crippen LogP contribution in [0, 0.1) is 0 Å². The van der Waals surface area contributed by atoms with Crippen molar-refractivity contribution in [3.05, 3.63) is 34.9 Å². The number of nitrogens with two attached hydrogens (primary N) is 1. The Morgan fingerprint density at radius 3 is 2.47 bits per heavy atom. The average Bonchev–Trinajstić information content (AvgIpc) is 2.37. The highest BCUT2D eigenvalue weighted by molar-refractivity contribution is 6.30. The van der Waals surface area contributed by atoms with Crippen LogP contribution in [0.3, 0.4) is 0 Å². The Labute approximate surface area is 121 Å². The van der Waals surface area contributed by atoms with Crippen LogP contribution in [0.5, 0.6) is 0 Å². The van der Waals surface area contributed by atoms with Gasteiger partial charge in [0.25, 0.3) is 0 Å². The minimum Gasteiger partial charge on any atom is -0.324 e. The second-order valence-corrected chi connectivity index (χ2v) is 6.00. The topological polar surface area (TPSA) is 29.3 Å². The number of nitrogens with zero attached hydrogens (tertiary/aromatic N) is 1. The molecule has 2 nitrogen and oxygen atoms in total. The van der Waals surface area contributed by atoms with E-state index in [4.69, 9.17) is 17.3 Å². The van der Waals surface area contributed by atoms with Gasteiger partial charge < -0.3 is 10.6 Å². The molecule has 0 amide bonds. The summed E-state index contributed by atoms with van der Waals surface area (Å²) in [6, 6.07) is 8.04. The fraction of sp³-hybridized carbons (Fsp3) is 0.625. The third kappa shape index (κ3) is 5.13. The molecule has 106 valence electrons. The first-order valence-electron chi connectivity index (χ1n) is 7.49. The van der Waals surface area contributed by atoms with E-state index in [1.165, 1.54) is 45.2 Å². The van der Waals surface area contributed by atoms with E-state index in [2.05, 4.69) is 11.0 Å². The van der Waals surface area contributed by atoms with Gasteiger partial charge in [-0.1, -0.05) is 43.0 Å². The maximum absolute atomic E-state index is 6.27. The van der Waals surface area contributed by atoms with Crippen molar-refractivity contribution in [2.75, 3.05) is 19.6 Å². The number of benzene rings is 1. The molecule has 0 aliphatic carbocycles. The molecular weight excluding hydrogens is 256 g/mol. The van der Waals surface area contributed by atoms with Crippen molar-refractivity contribution in [1.82, 2.24) is 4.90 Å². The average molecular weight is 281 g/mol. The second-order valence-electron chi connectivity index (χ2n) is 5.56. The first-order valence-corrected chi connectivity index (χ1v) is 7.87.